The van der Waals surface area contributed by atoms with E-state index in [0.29, 0.717) is 17.3 Å². The fraction of sp³-hybridized carbons (Fsp3) is 0.167. The van der Waals surface area contributed by atoms with E-state index in [1.54, 1.807) is 11.6 Å². The number of carbonyl (C=O) groups is 1. The molecule has 0 spiro atoms. The molecule has 6 nitrogen and oxygen atoms in total. The number of nitrogens with zero attached hydrogens (tertiary/aromatic N) is 2. The minimum atomic E-state index is -0.553. The summed E-state index contributed by atoms with van der Waals surface area (Å²) in [5.74, 6) is 0.234. The number of ether oxygens (including phenoxy) is 1. The number of benzene rings is 1. The minimum absolute atomic E-state index is 0.216. The molecular weight excluding hydrogens is 232 g/mol. The Morgan fingerprint density at radius 2 is 2.06 bits per heavy atom. The van der Waals surface area contributed by atoms with Crippen molar-refractivity contribution in [3.05, 3.63) is 35.9 Å². The predicted octanol–water partition coefficient (Wildman–Crippen LogP) is 0.627. The molecule has 18 heavy (non-hydrogen) atoms. The molecule has 0 unspecified atom stereocenters. The van der Waals surface area contributed by atoms with E-state index < -0.39 is 5.91 Å². The van der Waals surface area contributed by atoms with Crippen LogP contribution in [0, 0.1) is 6.92 Å². The van der Waals surface area contributed by atoms with E-state index in [1.165, 1.54) is 0 Å². The fourth-order valence-electron chi connectivity index (χ4n) is 1.53. The number of carbonyl (C=O) groups excluding carboxylic acids is 1. The molecule has 0 aliphatic heterocycles. The second-order valence-electron chi connectivity index (χ2n) is 3.82. The number of primary amides is 1. The fourth-order valence-corrected chi connectivity index (χ4v) is 1.53. The molecule has 0 radical (unpaired) electrons. The number of hydrogen-bond donors (Lipinski definition) is 2. The van der Waals surface area contributed by atoms with Crippen LogP contribution in [0.25, 0.3) is 5.69 Å². The average molecular weight is 246 g/mol. The Hall–Kier alpha value is -2.50. The molecule has 6 heteroatoms. The van der Waals surface area contributed by atoms with Crippen molar-refractivity contribution >= 4 is 11.7 Å². The third kappa shape index (κ3) is 2.27. The van der Waals surface area contributed by atoms with E-state index in [2.05, 4.69) is 5.10 Å². The maximum Gasteiger partial charge on any atom is 0.255 e. The molecule has 0 fully saturated rings. The number of nitrogens with two attached hydrogens (primary N) is 2. The molecule has 4 N–H and O–H groups in total. The Morgan fingerprint density at radius 1 is 1.39 bits per heavy atom. The van der Waals surface area contributed by atoms with Crippen molar-refractivity contribution in [3.63, 3.8) is 0 Å². The van der Waals surface area contributed by atoms with E-state index in [-0.39, 0.29) is 6.61 Å². The highest BCUT2D eigenvalue weighted by atomic mass is 16.5. The summed E-state index contributed by atoms with van der Waals surface area (Å²) in [6, 6.07) is 9.42. The largest absolute Gasteiger partial charge is 0.466 e. The monoisotopic (exact) mass is 246 g/mol. The topological polar surface area (TPSA) is 96.2 Å². The van der Waals surface area contributed by atoms with Crippen LogP contribution < -0.4 is 16.2 Å². The van der Waals surface area contributed by atoms with Gasteiger partial charge in [0.05, 0.1) is 11.3 Å². The van der Waals surface area contributed by atoms with E-state index in [0.717, 1.165) is 5.69 Å². The Morgan fingerprint density at radius 3 is 2.67 bits per heavy atom. The van der Waals surface area contributed by atoms with Crippen molar-refractivity contribution in [1.29, 1.82) is 0 Å². The summed E-state index contributed by atoms with van der Waals surface area (Å²) in [5, 5.41) is 4.21. The number of nitrogen functional groups attached to an aromatic ring is 1. The maximum atomic E-state index is 10.7. The molecule has 1 aromatic carbocycles. The third-order valence-electron chi connectivity index (χ3n) is 2.48. The third-order valence-corrected chi connectivity index (χ3v) is 2.48. The summed E-state index contributed by atoms with van der Waals surface area (Å²) < 4.78 is 6.76. The van der Waals surface area contributed by atoms with Gasteiger partial charge in [0.25, 0.3) is 5.91 Å². The van der Waals surface area contributed by atoms with E-state index in [9.17, 15) is 4.79 Å². The van der Waals surface area contributed by atoms with Crippen molar-refractivity contribution in [2.24, 2.45) is 5.73 Å². The summed E-state index contributed by atoms with van der Waals surface area (Å²) in [4.78, 5) is 10.7. The van der Waals surface area contributed by atoms with Crippen molar-refractivity contribution in [1.82, 2.24) is 9.78 Å². The molecular formula is C12H14N4O2. The first-order valence-electron chi connectivity index (χ1n) is 5.41. The van der Waals surface area contributed by atoms with Crippen molar-refractivity contribution < 1.29 is 9.53 Å². The first kappa shape index (κ1) is 12.0. The van der Waals surface area contributed by atoms with Gasteiger partial charge < -0.3 is 16.2 Å². The lowest BCUT2D eigenvalue weighted by Crippen LogP contribution is -2.20. The lowest BCUT2D eigenvalue weighted by molar-refractivity contribution is -0.120. The lowest BCUT2D eigenvalue weighted by atomic mass is 10.3. The number of aromatic nitrogens is 2. The van der Waals surface area contributed by atoms with Crippen LogP contribution >= 0.6 is 0 Å². The van der Waals surface area contributed by atoms with Gasteiger partial charge in [0.2, 0.25) is 5.88 Å². The SMILES string of the molecule is Cc1c(OCC(N)=O)nn(-c2ccccc2)c1N. The highest BCUT2D eigenvalue weighted by Crippen LogP contribution is 2.25. The van der Waals surface area contributed by atoms with Gasteiger partial charge in [-0.3, -0.25) is 4.79 Å². The predicted molar refractivity (Wildman–Crippen MR) is 67.4 cm³/mol. The summed E-state index contributed by atoms with van der Waals surface area (Å²) in [6.45, 7) is 1.56. The normalized spacial score (nSPS) is 10.3. The van der Waals surface area contributed by atoms with Gasteiger partial charge in [-0.05, 0) is 19.1 Å². The Balaban J connectivity index is 2.33. The number of hydrogen-bond acceptors (Lipinski definition) is 4. The van der Waals surface area contributed by atoms with E-state index >= 15 is 0 Å². The molecule has 94 valence electrons. The van der Waals surface area contributed by atoms with Gasteiger partial charge >= 0.3 is 0 Å². The van der Waals surface area contributed by atoms with Gasteiger partial charge in [-0.25, -0.2) is 4.68 Å². The quantitative estimate of drug-likeness (QED) is 0.826. The van der Waals surface area contributed by atoms with Crippen LogP contribution in [0.5, 0.6) is 5.88 Å². The number of para-hydroxylation sites is 1. The summed E-state index contributed by atoms with van der Waals surface area (Å²) in [7, 11) is 0. The number of amides is 1. The maximum absolute atomic E-state index is 10.7. The molecule has 2 aromatic rings. The molecule has 0 bridgehead atoms. The number of rotatable bonds is 4. The standard InChI is InChI=1S/C12H14N4O2/c1-8-11(14)16(9-5-3-2-4-6-9)15-12(8)18-7-10(13)17/h2-6H,7,14H2,1H3,(H2,13,17). The van der Waals surface area contributed by atoms with Crippen molar-refractivity contribution in [2.75, 3.05) is 12.3 Å². The van der Waals surface area contributed by atoms with Crippen LogP contribution in [0.15, 0.2) is 30.3 Å². The van der Waals surface area contributed by atoms with Gasteiger partial charge in [0.1, 0.15) is 5.82 Å². The van der Waals surface area contributed by atoms with Crippen molar-refractivity contribution in [3.8, 4) is 11.6 Å². The molecule has 0 saturated carbocycles. The lowest BCUT2D eigenvalue weighted by Gasteiger charge is -2.02. The Kier molecular flexibility index (Phi) is 3.18. The van der Waals surface area contributed by atoms with E-state index in [1.807, 2.05) is 30.3 Å². The molecule has 0 atom stereocenters. The van der Waals surface area contributed by atoms with Gasteiger partial charge in [-0.15, -0.1) is 5.10 Å². The van der Waals surface area contributed by atoms with Gasteiger partial charge in [0, 0.05) is 0 Å². The molecule has 0 saturated heterocycles. The average Bonchev–Trinajstić information content (AvgIpc) is 2.65. The van der Waals surface area contributed by atoms with Gasteiger partial charge in [0.15, 0.2) is 6.61 Å². The zero-order valence-electron chi connectivity index (χ0n) is 9.96. The van der Waals surface area contributed by atoms with Crippen LogP contribution in [0.4, 0.5) is 5.82 Å². The summed E-state index contributed by atoms with van der Waals surface area (Å²) >= 11 is 0. The van der Waals surface area contributed by atoms with Crippen LogP contribution in [0.1, 0.15) is 5.56 Å². The first-order valence-corrected chi connectivity index (χ1v) is 5.41. The molecule has 0 aliphatic carbocycles. The second-order valence-corrected chi connectivity index (χ2v) is 3.82. The van der Waals surface area contributed by atoms with Gasteiger partial charge in [-0.2, -0.15) is 0 Å². The zero-order chi connectivity index (χ0) is 13.1. The molecule has 2 rings (SSSR count). The second kappa shape index (κ2) is 4.79. The van der Waals surface area contributed by atoms with Crippen LogP contribution in [0.3, 0.4) is 0 Å². The minimum Gasteiger partial charge on any atom is -0.466 e. The molecule has 1 amide bonds. The summed E-state index contributed by atoms with van der Waals surface area (Å²) in [5.41, 5.74) is 12.5. The van der Waals surface area contributed by atoms with Crippen molar-refractivity contribution in [2.45, 2.75) is 6.92 Å². The Labute approximate surface area is 104 Å². The highest BCUT2D eigenvalue weighted by Gasteiger charge is 2.14. The molecule has 1 heterocycles. The van der Waals surface area contributed by atoms with Crippen LogP contribution in [0.2, 0.25) is 0 Å². The van der Waals surface area contributed by atoms with Crippen LogP contribution in [-0.2, 0) is 4.79 Å². The number of anilines is 1. The first-order chi connectivity index (χ1) is 8.59. The van der Waals surface area contributed by atoms with E-state index in [4.69, 9.17) is 16.2 Å². The smallest absolute Gasteiger partial charge is 0.255 e. The zero-order valence-corrected chi connectivity index (χ0v) is 9.96. The molecule has 1 aromatic heterocycles. The van der Waals surface area contributed by atoms with Gasteiger partial charge in [-0.1, -0.05) is 18.2 Å². The summed E-state index contributed by atoms with van der Waals surface area (Å²) in [6.07, 6.45) is 0. The van der Waals surface area contributed by atoms with Crippen LogP contribution in [-0.4, -0.2) is 22.3 Å². The Bertz CT molecular complexity index is 563. The highest BCUT2D eigenvalue weighted by molar-refractivity contribution is 5.75. The molecule has 0 aliphatic rings.